The number of esters is 1. The van der Waals surface area contributed by atoms with Crippen molar-refractivity contribution in [3.05, 3.63) is 108 Å². The van der Waals surface area contributed by atoms with Crippen LogP contribution in [0.1, 0.15) is 40.3 Å². The van der Waals surface area contributed by atoms with E-state index in [-0.39, 0.29) is 18.1 Å². The number of nitrogens with one attached hydrogen (secondary N) is 2. The summed E-state index contributed by atoms with van der Waals surface area (Å²) in [6, 6.07) is 26.8. The van der Waals surface area contributed by atoms with Gasteiger partial charge in [0.2, 0.25) is 0 Å². The van der Waals surface area contributed by atoms with Gasteiger partial charge in [0.1, 0.15) is 17.6 Å². The maximum Gasteiger partial charge on any atom is 0.337 e. The van der Waals surface area contributed by atoms with Gasteiger partial charge in [-0.05, 0) is 67.2 Å². The molecule has 1 fully saturated rings. The van der Waals surface area contributed by atoms with Gasteiger partial charge in [0.25, 0.3) is 0 Å². The first-order valence-corrected chi connectivity index (χ1v) is 12.6. The molecule has 2 atom stereocenters. The molecule has 188 valence electrons. The van der Waals surface area contributed by atoms with Gasteiger partial charge in [-0.2, -0.15) is 0 Å². The van der Waals surface area contributed by atoms with Gasteiger partial charge in [-0.3, -0.25) is 4.98 Å². The van der Waals surface area contributed by atoms with Gasteiger partial charge < -0.3 is 24.7 Å². The van der Waals surface area contributed by atoms with Gasteiger partial charge in [0.05, 0.1) is 24.4 Å². The van der Waals surface area contributed by atoms with E-state index in [0.717, 1.165) is 42.2 Å². The van der Waals surface area contributed by atoms with E-state index in [2.05, 4.69) is 32.7 Å². The number of aromatic nitrogens is 1. The first-order valence-electron chi connectivity index (χ1n) is 12.2. The second kappa shape index (κ2) is 11.3. The van der Waals surface area contributed by atoms with Crippen LogP contribution in [-0.2, 0) is 4.74 Å². The van der Waals surface area contributed by atoms with Crippen molar-refractivity contribution in [1.29, 1.82) is 0 Å². The van der Waals surface area contributed by atoms with E-state index < -0.39 is 0 Å². The Kier molecular flexibility index (Phi) is 7.46. The highest BCUT2D eigenvalue weighted by Gasteiger charge is 2.41. The van der Waals surface area contributed by atoms with Gasteiger partial charge >= 0.3 is 5.97 Å². The predicted octanol–water partition coefficient (Wildman–Crippen LogP) is 5.60. The lowest BCUT2D eigenvalue weighted by Gasteiger charge is -2.26. The zero-order chi connectivity index (χ0) is 25.6. The normalized spacial score (nSPS) is 16.9. The Hall–Kier alpha value is -4.17. The molecule has 4 aromatic rings. The van der Waals surface area contributed by atoms with E-state index >= 15 is 0 Å². The largest absolute Gasteiger partial charge is 0.465 e. The van der Waals surface area contributed by atoms with Crippen LogP contribution in [0, 0.1) is 0 Å². The van der Waals surface area contributed by atoms with Crippen molar-refractivity contribution in [1.82, 2.24) is 15.2 Å². The quantitative estimate of drug-likeness (QED) is 0.170. The number of carbonyl (C=O) groups is 1. The second-order valence-corrected chi connectivity index (χ2v) is 9.13. The summed E-state index contributed by atoms with van der Waals surface area (Å²) in [7, 11) is 1.37. The molecule has 1 aliphatic rings. The average Bonchev–Trinajstić information content (AvgIpc) is 3.56. The molecule has 7 nitrogen and oxygen atoms in total. The fourth-order valence-corrected chi connectivity index (χ4v) is 4.91. The minimum Gasteiger partial charge on any atom is -0.465 e. The Labute approximate surface area is 221 Å². The number of thiocarbonyl (C=S) groups is 1. The van der Waals surface area contributed by atoms with Crippen molar-refractivity contribution in [2.24, 2.45) is 0 Å². The molecule has 2 aromatic carbocycles. The topological polar surface area (TPSA) is 79.6 Å². The molecule has 0 spiro atoms. The number of anilines is 1. The number of ether oxygens (including phenoxy) is 1. The molecule has 3 heterocycles. The van der Waals surface area contributed by atoms with E-state index in [9.17, 15) is 4.79 Å². The van der Waals surface area contributed by atoms with Crippen LogP contribution < -0.4 is 10.6 Å². The third kappa shape index (κ3) is 5.49. The van der Waals surface area contributed by atoms with Crippen LogP contribution in [0.2, 0.25) is 0 Å². The van der Waals surface area contributed by atoms with Gasteiger partial charge in [-0.1, -0.05) is 36.4 Å². The first-order chi connectivity index (χ1) is 18.1. The summed E-state index contributed by atoms with van der Waals surface area (Å²) in [4.78, 5) is 18.8. The Morgan fingerprint density at radius 3 is 2.70 bits per heavy atom. The minimum absolute atomic E-state index is 0.156. The van der Waals surface area contributed by atoms with E-state index in [1.54, 1.807) is 18.3 Å². The Morgan fingerprint density at radius 1 is 1.08 bits per heavy atom. The number of pyridine rings is 1. The van der Waals surface area contributed by atoms with Crippen molar-refractivity contribution in [2.75, 3.05) is 25.5 Å². The predicted molar refractivity (Wildman–Crippen MR) is 147 cm³/mol. The van der Waals surface area contributed by atoms with Crippen LogP contribution in [0.4, 0.5) is 5.69 Å². The molecule has 0 unspecified atom stereocenters. The number of benzene rings is 2. The highest BCUT2D eigenvalue weighted by molar-refractivity contribution is 7.80. The Morgan fingerprint density at radius 2 is 1.92 bits per heavy atom. The number of hydrogen-bond acceptors (Lipinski definition) is 6. The van der Waals surface area contributed by atoms with Crippen LogP contribution in [-0.4, -0.2) is 41.2 Å². The van der Waals surface area contributed by atoms with Crippen molar-refractivity contribution in [3.63, 3.8) is 0 Å². The Bertz CT molecular complexity index is 1360. The molecule has 2 N–H and O–H groups in total. The van der Waals surface area contributed by atoms with Gasteiger partial charge in [0, 0.05) is 30.5 Å². The van der Waals surface area contributed by atoms with Gasteiger partial charge in [-0.25, -0.2) is 4.79 Å². The van der Waals surface area contributed by atoms with Gasteiger partial charge in [-0.15, -0.1) is 0 Å². The smallest absolute Gasteiger partial charge is 0.337 e. The van der Waals surface area contributed by atoms with E-state index in [1.165, 1.54) is 7.11 Å². The lowest BCUT2D eigenvalue weighted by molar-refractivity contribution is 0.0601. The maximum absolute atomic E-state index is 12.0. The molecule has 0 aliphatic carbocycles. The maximum atomic E-state index is 12.0. The number of hydrogen-bond donors (Lipinski definition) is 2. The highest BCUT2D eigenvalue weighted by atomic mass is 32.1. The van der Waals surface area contributed by atoms with Crippen LogP contribution >= 0.6 is 12.2 Å². The zero-order valence-corrected chi connectivity index (χ0v) is 21.3. The number of para-hydroxylation sites is 1. The number of nitrogens with zero attached hydrogens (tertiary/aromatic N) is 2. The SMILES string of the molecule is COC(=O)c1cccc(-c2ccc([C@@H]3[C@@H](c4ccccn4)NC(=S)N3CCCNc3ccccc3)o2)c1. The molecule has 1 aliphatic heterocycles. The van der Waals surface area contributed by atoms with E-state index in [0.29, 0.717) is 16.4 Å². The molecule has 0 radical (unpaired) electrons. The first kappa shape index (κ1) is 24.5. The fraction of sp³-hybridized carbons (Fsp3) is 0.207. The molecular formula is C29H28N4O3S. The summed E-state index contributed by atoms with van der Waals surface area (Å²) >= 11 is 5.77. The van der Waals surface area contributed by atoms with Crippen LogP contribution in [0.3, 0.4) is 0 Å². The number of carbonyl (C=O) groups excluding carboxylic acids is 1. The molecule has 37 heavy (non-hydrogen) atoms. The lowest BCUT2D eigenvalue weighted by atomic mass is 10.0. The molecule has 2 aromatic heterocycles. The molecule has 0 saturated carbocycles. The summed E-state index contributed by atoms with van der Waals surface area (Å²) in [5.41, 5.74) is 3.26. The lowest BCUT2D eigenvalue weighted by Crippen LogP contribution is -2.31. The van der Waals surface area contributed by atoms with E-state index in [1.807, 2.05) is 60.7 Å². The summed E-state index contributed by atoms with van der Waals surface area (Å²) < 4.78 is 11.3. The monoisotopic (exact) mass is 512 g/mol. The summed E-state index contributed by atoms with van der Waals surface area (Å²) in [6.45, 7) is 1.56. The van der Waals surface area contributed by atoms with E-state index in [4.69, 9.17) is 21.4 Å². The van der Waals surface area contributed by atoms with Crippen LogP contribution in [0.5, 0.6) is 0 Å². The molecular weight excluding hydrogens is 484 g/mol. The molecule has 5 rings (SSSR count). The Balaban J connectivity index is 1.39. The van der Waals surface area contributed by atoms with Crippen LogP contribution in [0.25, 0.3) is 11.3 Å². The third-order valence-electron chi connectivity index (χ3n) is 6.36. The minimum atomic E-state index is -0.385. The molecule has 8 heteroatoms. The van der Waals surface area contributed by atoms with Crippen molar-refractivity contribution in [3.8, 4) is 11.3 Å². The summed E-state index contributed by atoms with van der Waals surface area (Å²) in [5, 5.41) is 7.60. The van der Waals surface area contributed by atoms with Crippen molar-refractivity contribution >= 4 is 29.0 Å². The number of rotatable bonds is 9. The highest BCUT2D eigenvalue weighted by Crippen LogP contribution is 2.40. The molecule has 0 bridgehead atoms. The summed E-state index contributed by atoms with van der Waals surface area (Å²) in [5.74, 6) is 1.06. The molecule has 1 saturated heterocycles. The third-order valence-corrected chi connectivity index (χ3v) is 6.72. The van der Waals surface area contributed by atoms with Crippen molar-refractivity contribution in [2.45, 2.75) is 18.5 Å². The van der Waals surface area contributed by atoms with Crippen molar-refractivity contribution < 1.29 is 13.9 Å². The number of furan rings is 1. The van der Waals surface area contributed by atoms with Gasteiger partial charge in [0.15, 0.2) is 5.11 Å². The fourth-order valence-electron chi connectivity index (χ4n) is 4.58. The number of methoxy groups -OCH3 is 1. The van der Waals surface area contributed by atoms with Crippen LogP contribution in [0.15, 0.2) is 95.5 Å². The summed E-state index contributed by atoms with van der Waals surface area (Å²) in [6.07, 6.45) is 2.67. The zero-order valence-electron chi connectivity index (χ0n) is 20.5. The standard InChI is InChI=1S/C29H28N4O3S/c1-35-28(34)21-10-7-9-20(19-21)24-14-15-25(36-24)27-26(23-13-5-6-16-31-23)32-29(37)33(27)18-8-17-30-22-11-3-2-4-12-22/h2-7,9-16,19,26-27,30H,8,17-18H2,1H3,(H,32,37)/t26-,27-/m1/s1. The average molecular weight is 513 g/mol. The second-order valence-electron chi connectivity index (χ2n) is 8.74. The molecule has 0 amide bonds.